The van der Waals surface area contributed by atoms with Gasteiger partial charge in [0.25, 0.3) is 0 Å². The lowest BCUT2D eigenvalue weighted by Crippen LogP contribution is -2.50. The predicted molar refractivity (Wildman–Crippen MR) is 65.2 cm³/mol. The fraction of sp³-hybridized carbons (Fsp3) is 0.923. The number of piperidine rings is 1. The second-order valence-electron chi connectivity index (χ2n) is 5.40. The SMILES string of the molecule is CCC1CCN(C(=O)C2CCCC(C)N2)C1. The normalized spacial score (nSPS) is 35.4. The van der Waals surface area contributed by atoms with E-state index in [1.54, 1.807) is 0 Å². The van der Waals surface area contributed by atoms with Crippen molar-refractivity contribution in [2.24, 2.45) is 5.92 Å². The van der Waals surface area contributed by atoms with E-state index in [-0.39, 0.29) is 6.04 Å². The van der Waals surface area contributed by atoms with E-state index in [0.717, 1.165) is 25.4 Å². The van der Waals surface area contributed by atoms with Gasteiger partial charge in [0.05, 0.1) is 6.04 Å². The van der Waals surface area contributed by atoms with Crippen LogP contribution < -0.4 is 5.32 Å². The van der Waals surface area contributed by atoms with Crippen LogP contribution >= 0.6 is 0 Å². The molecule has 2 rings (SSSR count). The highest BCUT2D eigenvalue weighted by molar-refractivity contribution is 5.82. The van der Waals surface area contributed by atoms with Gasteiger partial charge in [-0.3, -0.25) is 4.79 Å². The Morgan fingerprint density at radius 1 is 1.38 bits per heavy atom. The van der Waals surface area contributed by atoms with Crippen LogP contribution in [0.1, 0.15) is 46.0 Å². The Balaban J connectivity index is 1.87. The van der Waals surface area contributed by atoms with Crippen LogP contribution in [0, 0.1) is 5.92 Å². The van der Waals surface area contributed by atoms with Crippen molar-refractivity contribution in [1.82, 2.24) is 10.2 Å². The summed E-state index contributed by atoms with van der Waals surface area (Å²) in [6.45, 7) is 6.36. The number of hydrogen-bond acceptors (Lipinski definition) is 2. The predicted octanol–water partition coefficient (Wildman–Crippen LogP) is 1.78. The number of rotatable bonds is 2. The van der Waals surface area contributed by atoms with Crippen LogP contribution in [0.5, 0.6) is 0 Å². The molecule has 0 saturated carbocycles. The van der Waals surface area contributed by atoms with Crippen LogP contribution in [0.15, 0.2) is 0 Å². The molecule has 2 aliphatic heterocycles. The highest BCUT2D eigenvalue weighted by Gasteiger charge is 2.31. The van der Waals surface area contributed by atoms with Gasteiger partial charge in [0.15, 0.2) is 0 Å². The van der Waals surface area contributed by atoms with Crippen LogP contribution in [0.3, 0.4) is 0 Å². The molecule has 3 heteroatoms. The molecule has 1 amide bonds. The Hall–Kier alpha value is -0.570. The number of carbonyl (C=O) groups is 1. The number of hydrogen-bond donors (Lipinski definition) is 1. The van der Waals surface area contributed by atoms with E-state index in [2.05, 4.69) is 24.1 Å². The lowest BCUT2D eigenvalue weighted by molar-refractivity contribution is -0.133. The Labute approximate surface area is 98.6 Å². The van der Waals surface area contributed by atoms with Crippen molar-refractivity contribution in [2.75, 3.05) is 13.1 Å². The van der Waals surface area contributed by atoms with Gasteiger partial charge in [-0.1, -0.05) is 13.3 Å². The topological polar surface area (TPSA) is 32.3 Å². The average molecular weight is 224 g/mol. The molecule has 3 nitrogen and oxygen atoms in total. The largest absolute Gasteiger partial charge is 0.341 e. The van der Waals surface area contributed by atoms with Gasteiger partial charge >= 0.3 is 0 Å². The zero-order valence-corrected chi connectivity index (χ0v) is 10.5. The summed E-state index contributed by atoms with van der Waals surface area (Å²) in [5.74, 6) is 1.09. The van der Waals surface area contributed by atoms with Gasteiger partial charge in [-0.2, -0.15) is 0 Å². The van der Waals surface area contributed by atoms with Gasteiger partial charge in [-0.25, -0.2) is 0 Å². The van der Waals surface area contributed by atoms with Crippen molar-refractivity contribution in [3.63, 3.8) is 0 Å². The second-order valence-corrected chi connectivity index (χ2v) is 5.40. The molecule has 0 aliphatic carbocycles. The molecule has 2 heterocycles. The molecule has 3 atom stereocenters. The highest BCUT2D eigenvalue weighted by Crippen LogP contribution is 2.22. The van der Waals surface area contributed by atoms with Crippen LogP contribution in [0.2, 0.25) is 0 Å². The first-order chi connectivity index (χ1) is 7.70. The maximum absolute atomic E-state index is 12.3. The number of nitrogens with one attached hydrogen (secondary N) is 1. The van der Waals surface area contributed by atoms with E-state index in [0.29, 0.717) is 11.9 Å². The third-order valence-electron chi connectivity index (χ3n) is 4.09. The van der Waals surface area contributed by atoms with Gasteiger partial charge in [0, 0.05) is 19.1 Å². The third kappa shape index (κ3) is 2.57. The summed E-state index contributed by atoms with van der Waals surface area (Å²) >= 11 is 0. The molecule has 0 radical (unpaired) electrons. The van der Waals surface area contributed by atoms with Gasteiger partial charge in [0.1, 0.15) is 0 Å². The fourth-order valence-electron chi connectivity index (χ4n) is 2.92. The summed E-state index contributed by atoms with van der Waals surface area (Å²) in [6, 6.07) is 0.603. The molecule has 0 aromatic carbocycles. The lowest BCUT2D eigenvalue weighted by atomic mass is 9.99. The first kappa shape index (κ1) is 11.9. The lowest BCUT2D eigenvalue weighted by Gasteiger charge is -2.31. The summed E-state index contributed by atoms with van der Waals surface area (Å²) in [5, 5.41) is 3.43. The number of nitrogens with zero attached hydrogens (tertiary/aromatic N) is 1. The Kier molecular flexibility index (Phi) is 3.85. The summed E-state index contributed by atoms with van der Waals surface area (Å²) in [6.07, 6.45) is 5.83. The molecule has 3 unspecified atom stereocenters. The van der Waals surface area contributed by atoms with E-state index in [1.807, 2.05) is 0 Å². The summed E-state index contributed by atoms with van der Waals surface area (Å²) < 4.78 is 0. The molecule has 92 valence electrons. The van der Waals surface area contributed by atoms with Gasteiger partial charge in [0.2, 0.25) is 5.91 Å². The number of amides is 1. The highest BCUT2D eigenvalue weighted by atomic mass is 16.2. The fourth-order valence-corrected chi connectivity index (χ4v) is 2.92. The van der Waals surface area contributed by atoms with Crippen molar-refractivity contribution in [2.45, 2.75) is 58.0 Å². The Bertz CT molecular complexity index is 254. The van der Waals surface area contributed by atoms with E-state index in [9.17, 15) is 4.79 Å². The van der Waals surface area contributed by atoms with Crippen molar-refractivity contribution < 1.29 is 4.79 Å². The molecular weight excluding hydrogens is 200 g/mol. The van der Waals surface area contributed by atoms with Crippen molar-refractivity contribution in [1.29, 1.82) is 0 Å². The monoisotopic (exact) mass is 224 g/mol. The number of likely N-dealkylation sites (tertiary alicyclic amines) is 1. The quantitative estimate of drug-likeness (QED) is 0.775. The van der Waals surface area contributed by atoms with E-state index in [1.165, 1.54) is 25.7 Å². The Morgan fingerprint density at radius 2 is 2.19 bits per heavy atom. The van der Waals surface area contributed by atoms with Crippen LogP contribution in [0.4, 0.5) is 0 Å². The van der Waals surface area contributed by atoms with Gasteiger partial charge < -0.3 is 10.2 Å². The minimum Gasteiger partial charge on any atom is -0.341 e. The van der Waals surface area contributed by atoms with Gasteiger partial charge in [-0.15, -0.1) is 0 Å². The maximum Gasteiger partial charge on any atom is 0.239 e. The Morgan fingerprint density at radius 3 is 2.81 bits per heavy atom. The molecule has 2 saturated heterocycles. The maximum atomic E-state index is 12.3. The van der Waals surface area contributed by atoms with Crippen molar-refractivity contribution >= 4 is 5.91 Å². The number of carbonyl (C=O) groups excluding carboxylic acids is 1. The molecular formula is C13H24N2O. The molecule has 2 fully saturated rings. The van der Waals surface area contributed by atoms with Crippen LogP contribution in [0.25, 0.3) is 0 Å². The molecule has 0 spiro atoms. The second kappa shape index (κ2) is 5.17. The summed E-state index contributed by atoms with van der Waals surface area (Å²) in [5.41, 5.74) is 0. The van der Waals surface area contributed by atoms with E-state index < -0.39 is 0 Å². The smallest absolute Gasteiger partial charge is 0.239 e. The van der Waals surface area contributed by atoms with Crippen LogP contribution in [-0.2, 0) is 4.79 Å². The minimum atomic E-state index is 0.0966. The first-order valence-corrected chi connectivity index (χ1v) is 6.75. The van der Waals surface area contributed by atoms with E-state index in [4.69, 9.17) is 0 Å². The summed E-state index contributed by atoms with van der Waals surface area (Å²) in [4.78, 5) is 14.3. The third-order valence-corrected chi connectivity index (χ3v) is 4.09. The molecule has 16 heavy (non-hydrogen) atoms. The van der Waals surface area contributed by atoms with Crippen LogP contribution in [-0.4, -0.2) is 36.0 Å². The molecule has 0 aromatic rings. The molecule has 1 N–H and O–H groups in total. The molecule has 0 bridgehead atoms. The standard InChI is InChI=1S/C13H24N2O/c1-3-11-7-8-15(9-11)13(16)12-6-4-5-10(2)14-12/h10-12,14H,3-9H2,1-2H3. The zero-order chi connectivity index (χ0) is 11.5. The van der Waals surface area contributed by atoms with E-state index >= 15 is 0 Å². The average Bonchev–Trinajstić information content (AvgIpc) is 2.76. The molecule has 0 aromatic heterocycles. The molecule has 2 aliphatic rings. The summed E-state index contributed by atoms with van der Waals surface area (Å²) in [7, 11) is 0. The van der Waals surface area contributed by atoms with Gasteiger partial charge in [-0.05, 0) is 38.5 Å². The minimum absolute atomic E-state index is 0.0966. The van der Waals surface area contributed by atoms with Crippen molar-refractivity contribution in [3.8, 4) is 0 Å². The first-order valence-electron chi connectivity index (χ1n) is 6.75. The zero-order valence-electron chi connectivity index (χ0n) is 10.5. The van der Waals surface area contributed by atoms with Crippen molar-refractivity contribution in [3.05, 3.63) is 0 Å².